The number of thiophene rings is 1. The SMILES string of the molecule is O=C(NCCc1cc(Br)cs1)c1cccnc1. The summed E-state index contributed by atoms with van der Waals surface area (Å²) in [5, 5.41) is 4.91. The Kier molecular flexibility index (Phi) is 4.28. The van der Waals surface area contributed by atoms with Crippen LogP contribution in [0.25, 0.3) is 0 Å². The Morgan fingerprint density at radius 3 is 3.06 bits per heavy atom. The molecule has 2 rings (SSSR count). The zero-order valence-corrected chi connectivity index (χ0v) is 11.4. The molecule has 0 radical (unpaired) electrons. The minimum Gasteiger partial charge on any atom is -0.352 e. The lowest BCUT2D eigenvalue weighted by Gasteiger charge is -2.03. The van der Waals surface area contributed by atoms with Crippen LogP contribution in [0.15, 0.2) is 40.4 Å². The third-order valence-electron chi connectivity index (χ3n) is 2.20. The third kappa shape index (κ3) is 3.64. The second-order valence-electron chi connectivity index (χ2n) is 3.48. The van der Waals surface area contributed by atoms with Gasteiger partial charge in [-0.25, -0.2) is 0 Å². The van der Waals surface area contributed by atoms with Crippen molar-refractivity contribution < 1.29 is 4.79 Å². The molecule has 0 aliphatic rings. The summed E-state index contributed by atoms with van der Waals surface area (Å²) in [6.45, 7) is 0.640. The van der Waals surface area contributed by atoms with Gasteiger partial charge in [0.05, 0.1) is 5.56 Å². The number of halogens is 1. The van der Waals surface area contributed by atoms with Gasteiger partial charge in [0.1, 0.15) is 0 Å². The number of carbonyl (C=O) groups is 1. The van der Waals surface area contributed by atoms with Crippen molar-refractivity contribution in [2.24, 2.45) is 0 Å². The fourth-order valence-electron chi connectivity index (χ4n) is 1.38. The van der Waals surface area contributed by atoms with Crippen molar-refractivity contribution in [3.8, 4) is 0 Å². The van der Waals surface area contributed by atoms with Crippen molar-refractivity contribution in [3.63, 3.8) is 0 Å². The molecule has 1 amide bonds. The first-order valence-corrected chi connectivity index (χ1v) is 6.84. The van der Waals surface area contributed by atoms with Gasteiger partial charge in [-0.3, -0.25) is 9.78 Å². The van der Waals surface area contributed by atoms with Crippen molar-refractivity contribution in [3.05, 3.63) is 50.9 Å². The van der Waals surface area contributed by atoms with Crippen molar-refractivity contribution in [1.82, 2.24) is 10.3 Å². The monoisotopic (exact) mass is 310 g/mol. The van der Waals surface area contributed by atoms with Gasteiger partial charge in [-0.2, -0.15) is 0 Å². The summed E-state index contributed by atoms with van der Waals surface area (Å²) >= 11 is 5.09. The van der Waals surface area contributed by atoms with Crippen molar-refractivity contribution in [2.45, 2.75) is 6.42 Å². The van der Waals surface area contributed by atoms with Crippen molar-refractivity contribution in [2.75, 3.05) is 6.54 Å². The third-order valence-corrected chi connectivity index (χ3v) is 3.96. The largest absolute Gasteiger partial charge is 0.352 e. The minimum atomic E-state index is -0.0753. The molecule has 0 spiro atoms. The first kappa shape index (κ1) is 12.3. The van der Waals surface area contributed by atoms with E-state index in [2.05, 4.69) is 32.3 Å². The predicted octanol–water partition coefficient (Wildman–Crippen LogP) is 2.88. The zero-order valence-electron chi connectivity index (χ0n) is 9.02. The van der Waals surface area contributed by atoms with Crippen molar-refractivity contribution >= 4 is 33.2 Å². The van der Waals surface area contributed by atoms with E-state index in [-0.39, 0.29) is 5.91 Å². The van der Waals surface area contributed by atoms with Crippen LogP contribution in [0.1, 0.15) is 15.2 Å². The molecule has 0 fully saturated rings. The Hall–Kier alpha value is -1.20. The van der Waals surface area contributed by atoms with E-state index in [0.29, 0.717) is 12.1 Å². The van der Waals surface area contributed by atoms with E-state index in [0.717, 1.165) is 10.9 Å². The molecule has 0 aliphatic carbocycles. The molecule has 88 valence electrons. The Morgan fingerprint density at radius 1 is 1.53 bits per heavy atom. The summed E-state index contributed by atoms with van der Waals surface area (Å²) in [5.41, 5.74) is 0.597. The number of nitrogens with one attached hydrogen (secondary N) is 1. The molecule has 2 heterocycles. The Morgan fingerprint density at radius 2 is 2.41 bits per heavy atom. The fraction of sp³-hybridized carbons (Fsp3) is 0.167. The molecule has 2 aromatic rings. The number of nitrogens with zero attached hydrogens (tertiary/aromatic N) is 1. The van der Waals surface area contributed by atoms with Gasteiger partial charge in [0.25, 0.3) is 5.91 Å². The van der Waals surface area contributed by atoms with Gasteiger partial charge in [-0.05, 0) is 40.5 Å². The lowest BCUT2D eigenvalue weighted by Crippen LogP contribution is -2.25. The summed E-state index contributed by atoms with van der Waals surface area (Å²) in [7, 11) is 0. The number of hydrogen-bond donors (Lipinski definition) is 1. The molecule has 17 heavy (non-hydrogen) atoms. The molecule has 2 aromatic heterocycles. The smallest absolute Gasteiger partial charge is 0.252 e. The van der Waals surface area contributed by atoms with E-state index in [1.807, 2.05) is 5.38 Å². The van der Waals surface area contributed by atoms with E-state index >= 15 is 0 Å². The van der Waals surface area contributed by atoms with Crippen LogP contribution in [-0.4, -0.2) is 17.4 Å². The summed E-state index contributed by atoms with van der Waals surface area (Å²) in [4.78, 5) is 16.8. The molecule has 0 saturated carbocycles. The second-order valence-corrected chi connectivity index (χ2v) is 5.39. The average Bonchev–Trinajstić information content (AvgIpc) is 2.76. The zero-order chi connectivity index (χ0) is 12.1. The van der Waals surface area contributed by atoms with E-state index in [1.165, 1.54) is 4.88 Å². The molecule has 0 bridgehead atoms. The van der Waals surface area contributed by atoms with E-state index in [4.69, 9.17) is 0 Å². The highest BCUT2D eigenvalue weighted by Crippen LogP contribution is 2.19. The maximum absolute atomic E-state index is 11.7. The summed E-state index contributed by atoms with van der Waals surface area (Å²) in [6, 6.07) is 5.58. The lowest BCUT2D eigenvalue weighted by atomic mass is 10.2. The molecule has 0 atom stereocenters. The first-order chi connectivity index (χ1) is 8.25. The summed E-state index contributed by atoms with van der Waals surface area (Å²) in [6.07, 6.45) is 4.07. The quantitative estimate of drug-likeness (QED) is 0.943. The molecule has 0 aliphatic heterocycles. The van der Waals surface area contributed by atoms with Gasteiger partial charge in [0.15, 0.2) is 0 Å². The number of pyridine rings is 1. The number of rotatable bonds is 4. The van der Waals surface area contributed by atoms with E-state index in [9.17, 15) is 4.79 Å². The Labute approximate surface area is 112 Å². The number of hydrogen-bond acceptors (Lipinski definition) is 3. The van der Waals surface area contributed by atoms with Crippen LogP contribution >= 0.6 is 27.3 Å². The topological polar surface area (TPSA) is 42.0 Å². The van der Waals surface area contributed by atoms with Crippen LogP contribution in [-0.2, 0) is 6.42 Å². The fourth-order valence-corrected chi connectivity index (χ4v) is 2.84. The summed E-state index contributed by atoms with van der Waals surface area (Å²) in [5.74, 6) is -0.0753. The highest BCUT2D eigenvalue weighted by atomic mass is 79.9. The van der Waals surface area contributed by atoms with Gasteiger partial charge in [-0.1, -0.05) is 0 Å². The first-order valence-electron chi connectivity index (χ1n) is 5.17. The van der Waals surface area contributed by atoms with Crippen LogP contribution in [0.3, 0.4) is 0 Å². The van der Waals surface area contributed by atoms with Crippen LogP contribution in [0.2, 0.25) is 0 Å². The standard InChI is InChI=1S/C12H11BrN2OS/c13-10-6-11(17-8-10)3-5-15-12(16)9-2-1-4-14-7-9/h1-2,4,6-8H,3,5H2,(H,15,16). The predicted molar refractivity (Wildman–Crippen MR) is 72.3 cm³/mol. The second kappa shape index (κ2) is 5.93. The molecular formula is C12H11BrN2OS. The maximum atomic E-state index is 11.7. The highest BCUT2D eigenvalue weighted by Gasteiger charge is 2.04. The minimum absolute atomic E-state index is 0.0753. The number of carbonyl (C=O) groups excluding carboxylic acids is 1. The maximum Gasteiger partial charge on any atom is 0.252 e. The molecule has 3 nitrogen and oxygen atoms in total. The Balaban J connectivity index is 1.81. The van der Waals surface area contributed by atoms with Crippen molar-refractivity contribution in [1.29, 1.82) is 0 Å². The van der Waals surface area contributed by atoms with Gasteiger partial charge in [0, 0.05) is 33.7 Å². The number of aromatic nitrogens is 1. The molecule has 0 aromatic carbocycles. The van der Waals surface area contributed by atoms with Gasteiger partial charge < -0.3 is 5.32 Å². The van der Waals surface area contributed by atoms with E-state index < -0.39 is 0 Å². The number of amides is 1. The highest BCUT2D eigenvalue weighted by molar-refractivity contribution is 9.10. The lowest BCUT2D eigenvalue weighted by molar-refractivity contribution is 0.0954. The molecule has 0 saturated heterocycles. The van der Waals surface area contributed by atoms with Crippen LogP contribution < -0.4 is 5.32 Å². The molecule has 1 N–H and O–H groups in total. The van der Waals surface area contributed by atoms with Gasteiger partial charge in [-0.15, -0.1) is 11.3 Å². The van der Waals surface area contributed by atoms with Gasteiger partial charge in [0.2, 0.25) is 0 Å². The normalized spacial score (nSPS) is 10.2. The molecule has 5 heteroatoms. The van der Waals surface area contributed by atoms with Gasteiger partial charge >= 0.3 is 0 Å². The average molecular weight is 311 g/mol. The summed E-state index contributed by atoms with van der Waals surface area (Å²) < 4.78 is 1.09. The van der Waals surface area contributed by atoms with Crippen LogP contribution in [0, 0.1) is 0 Å². The molecule has 0 unspecified atom stereocenters. The Bertz CT molecular complexity index is 498. The van der Waals surface area contributed by atoms with E-state index in [1.54, 1.807) is 35.9 Å². The van der Waals surface area contributed by atoms with Crippen LogP contribution in [0.5, 0.6) is 0 Å². The molecular weight excluding hydrogens is 300 g/mol. The van der Waals surface area contributed by atoms with Crippen LogP contribution in [0.4, 0.5) is 0 Å².